The van der Waals surface area contributed by atoms with E-state index < -0.39 is 23.7 Å². The summed E-state index contributed by atoms with van der Waals surface area (Å²) in [6.45, 7) is 3.08. The average molecular weight is 430 g/mol. The second kappa shape index (κ2) is 9.18. The minimum atomic E-state index is -0.693. The fourth-order valence-electron chi connectivity index (χ4n) is 2.63. The van der Waals surface area contributed by atoms with E-state index >= 15 is 0 Å². The van der Waals surface area contributed by atoms with Crippen molar-refractivity contribution in [2.75, 3.05) is 17.2 Å². The van der Waals surface area contributed by atoms with Crippen molar-refractivity contribution in [1.29, 1.82) is 0 Å². The van der Waals surface area contributed by atoms with Gasteiger partial charge in [-0.3, -0.25) is 9.59 Å². The predicted molar refractivity (Wildman–Crippen MR) is 104 cm³/mol. The molecular formula is C19H18N4O6S. The van der Waals surface area contributed by atoms with Crippen LogP contribution in [0.15, 0.2) is 41.1 Å². The minimum Gasteiger partial charge on any atom is -0.539 e. The highest BCUT2D eigenvalue weighted by Gasteiger charge is 2.27. The molecule has 0 aliphatic rings. The number of para-hydroxylation sites is 1. The number of ether oxygens (including phenoxy) is 1. The Balaban J connectivity index is 1.86. The molecule has 2 heterocycles. The molecule has 11 heteroatoms. The largest absolute Gasteiger partial charge is 0.539 e. The number of anilines is 2. The van der Waals surface area contributed by atoms with Crippen molar-refractivity contribution >= 4 is 39.8 Å². The first kappa shape index (κ1) is 21.0. The maximum absolute atomic E-state index is 12.7. The Kier molecular flexibility index (Phi) is 6.42. The topological polar surface area (TPSA) is 137 Å². The van der Waals surface area contributed by atoms with Gasteiger partial charge in [-0.1, -0.05) is 22.9 Å². The third-order valence-electron chi connectivity index (χ3n) is 3.91. The fourth-order valence-corrected chi connectivity index (χ4v) is 3.73. The first-order chi connectivity index (χ1) is 14.4. The van der Waals surface area contributed by atoms with Gasteiger partial charge < -0.3 is 25.0 Å². The lowest BCUT2D eigenvalue weighted by Gasteiger charge is -2.06. The van der Waals surface area contributed by atoms with E-state index in [0.29, 0.717) is 11.3 Å². The summed E-state index contributed by atoms with van der Waals surface area (Å²) in [6.07, 6.45) is 1.02. The second-order valence-electron chi connectivity index (χ2n) is 6.07. The van der Waals surface area contributed by atoms with Crippen molar-refractivity contribution in [3.8, 4) is 5.95 Å². The van der Waals surface area contributed by atoms with Crippen molar-refractivity contribution in [2.24, 2.45) is 0 Å². The first-order valence-corrected chi connectivity index (χ1v) is 9.71. The normalized spacial score (nSPS) is 10.5. The molecule has 0 fully saturated rings. The number of benzene rings is 1. The molecule has 3 aromatic rings. The van der Waals surface area contributed by atoms with Gasteiger partial charge >= 0.3 is 5.97 Å². The molecule has 2 amide bonds. The Morgan fingerprint density at radius 2 is 1.97 bits per heavy atom. The molecule has 0 atom stereocenters. The summed E-state index contributed by atoms with van der Waals surface area (Å²) in [6, 6.07) is 8.84. The molecule has 3 rings (SSSR count). The van der Waals surface area contributed by atoms with E-state index in [1.807, 2.05) is 6.07 Å². The van der Waals surface area contributed by atoms with Crippen LogP contribution in [0.1, 0.15) is 32.5 Å². The smallest absolute Gasteiger partial charge is 0.341 e. The molecule has 0 saturated carbocycles. The summed E-state index contributed by atoms with van der Waals surface area (Å²) in [5, 5.41) is 19.9. The summed E-state index contributed by atoms with van der Waals surface area (Å²) in [7, 11) is 0. The molecule has 0 unspecified atom stereocenters. The van der Waals surface area contributed by atoms with Crippen molar-refractivity contribution < 1.29 is 33.4 Å². The lowest BCUT2D eigenvalue weighted by atomic mass is 10.1. The summed E-state index contributed by atoms with van der Waals surface area (Å²) in [4.78, 5) is 37.8. The molecule has 2 N–H and O–H groups in total. The number of rotatable bonds is 7. The molecule has 10 nitrogen and oxygen atoms in total. The van der Waals surface area contributed by atoms with Crippen LogP contribution >= 0.6 is 11.3 Å². The molecule has 0 aliphatic heterocycles. The number of carbonyl (C=O) groups is 3. The standard InChI is InChI=1S/C19H18N4O6S/c1-3-28-19(27)15-11(2)16(17(26)20-12-7-5-4-6-8-12)30-18(15)21-13(24)9-23-10-14(25)29-22-23/h4-8,10H,3,9H2,1-2H3,(H2-,20,21,22,24,25,26,27). The zero-order valence-electron chi connectivity index (χ0n) is 16.1. The van der Waals surface area contributed by atoms with Gasteiger partial charge in [-0.2, -0.15) is 0 Å². The second-order valence-corrected chi connectivity index (χ2v) is 7.09. The van der Waals surface area contributed by atoms with E-state index in [4.69, 9.17) is 4.74 Å². The monoisotopic (exact) mass is 430 g/mol. The molecule has 0 radical (unpaired) electrons. The molecule has 1 aromatic carbocycles. The van der Waals surface area contributed by atoms with Gasteiger partial charge in [-0.25, -0.2) is 4.79 Å². The van der Waals surface area contributed by atoms with Crippen LogP contribution in [0.25, 0.3) is 0 Å². The molecular weight excluding hydrogens is 412 g/mol. The Hall–Kier alpha value is -3.73. The fraction of sp³-hybridized carbons (Fsp3) is 0.211. The van der Waals surface area contributed by atoms with Gasteiger partial charge in [0.2, 0.25) is 6.20 Å². The Morgan fingerprint density at radius 1 is 1.23 bits per heavy atom. The highest BCUT2D eigenvalue weighted by atomic mass is 32.1. The quantitative estimate of drug-likeness (QED) is 0.428. The Labute approximate surface area is 175 Å². The summed E-state index contributed by atoms with van der Waals surface area (Å²) in [5.74, 6) is -2.33. The van der Waals surface area contributed by atoms with Crippen LogP contribution in [0, 0.1) is 6.92 Å². The third kappa shape index (κ3) is 4.81. The number of aromatic nitrogens is 2. The van der Waals surface area contributed by atoms with E-state index in [1.54, 1.807) is 38.1 Å². The first-order valence-electron chi connectivity index (χ1n) is 8.89. The number of hydrogen-bond donors (Lipinski definition) is 2. The van der Waals surface area contributed by atoms with Gasteiger partial charge in [-0.15, -0.1) is 11.3 Å². The van der Waals surface area contributed by atoms with Crippen LogP contribution in [-0.4, -0.2) is 29.7 Å². The van der Waals surface area contributed by atoms with Gasteiger partial charge in [-0.05, 0) is 31.5 Å². The molecule has 30 heavy (non-hydrogen) atoms. The van der Waals surface area contributed by atoms with Crippen LogP contribution < -0.4 is 20.4 Å². The van der Waals surface area contributed by atoms with Gasteiger partial charge in [0.1, 0.15) is 10.9 Å². The van der Waals surface area contributed by atoms with Crippen molar-refractivity contribution in [3.05, 3.63) is 52.5 Å². The highest BCUT2D eigenvalue weighted by Crippen LogP contribution is 2.34. The zero-order valence-corrected chi connectivity index (χ0v) is 16.9. The number of esters is 1. The van der Waals surface area contributed by atoms with Crippen molar-refractivity contribution in [1.82, 2.24) is 5.27 Å². The lowest BCUT2D eigenvalue weighted by molar-refractivity contribution is -0.750. The number of thiophene rings is 1. The van der Waals surface area contributed by atoms with Gasteiger partial charge in [0.25, 0.3) is 18.4 Å². The molecule has 0 spiro atoms. The van der Waals surface area contributed by atoms with E-state index in [9.17, 15) is 19.5 Å². The minimum absolute atomic E-state index is 0.100. The Morgan fingerprint density at radius 3 is 2.60 bits per heavy atom. The van der Waals surface area contributed by atoms with Gasteiger partial charge in [0, 0.05) is 5.69 Å². The molecule has 156 valence electrons. The van der Waals surface area contributed by atoms with Crippen molar-refractivity contribution in [2.45, 2.75) is 20.4 Å². The van der Waals surface area contributed by atoms with E-state index in [0.717, 1.165) is 22.2 Å². The maximum atomic E-state index is 12.7. The van der Waals surface area contributed by atoms with E-state index in [2.05, 4.69) is 20.4 Å². The molecule has 0 bridgehead atoms. The van der Waals surface area contributed by atoms with Crippen LogP contribution in [0.3, 0.4) is 0 Å². The maximum Gasteiger partial charge on any atom is 0.341 e. The van der Waals surface area contributed by atoms with Crippen molar-refractivity contribution in [3.63, 3.8) is 0 Å². The van der Waals surface area contributed by atoms with Crippen LogP contribution in [0.5, 0.6) is 5.95 Å². The number of amides is 2. The number of nitrogens with one attached hydrogen (secondary N) is 2. The Bertz CT molecular complexity index is 1080. The number of carbonyl (C=O) groups excluding carboxylic acids is 3. The van der Waals surface area contributed by atoms with Gasteiger partial charge in [0.15, 0.2) is 0 Å². The van der Waals surface area contributed by atoms with Crippen LogP contribution in [0.2, 0.25) is 0 Å². The third-order valence-corrected chi connectivity index (χ3v) is 5.12. The summed E-state index contributed by atoms with van der Waals surface area (Å²) in [5.41, 5.74) is 1.08. The molecule has 0 aliphatic carbocycles. The van der Waals surface area contributed by atoms with Crippen LogP contribution in [0.4, 0.5) is 10.7 Å². The number of nitrogens with zero attached hydrogens (tertiary/aromatic N) is 2. The zero-order chi connectivity index (χ0) is 21.7. The summed E-state index contributed by atoms with van der Waals surface area (Å²) < 4.78 is 10.5. The SMILES string of the molecule is CCOC(=O)c1c(NC(=O)C[n+]2cc([O-])on2)sc(C(=O)Nc2ccccc2)c1C. The van der Waals surface area contributed by atoms with E-state index in [1.165, 1.54) is 0 Å². The lowest BCUT2D eigenvalue weighted by Crippen LogP contribution is -2.41. The molecule has 0 saturated heterocycles. The summed E-state index contributed by atoms with van der Waals surface area (Å²) >= 11 is 0.952. The van der Waals surface area contributed by atoms with Gasteiger partial charge in [0.05, 0.1) is 22.3 Å². The van der Waals surface area contributed by atoms with E-state index in [-0.39, 0.29) is 28.6 Å². The van der Waals surface area contributed by atoms with Crippen LogP contribution in [-0.2, 0) is 16.1 Å². The average Bonchev–Trinajstić information content (AvgIpc) is 3.25. The molecule has 2 aromatic heterocycles. The highest BCUT2D eigenvalue weighted by molar-refractivity contribution is 7.18. The number of hydrogen-bond acceptors (Lipinski definition) is 8. The predicted octanol–water partition coefficient (Wildman–Crippen LogP) is 1.47.